The van der Waals surface area contributed by atoms with Crippen molar-refractivity contribution in [2.45, 2.75) is 31.5 Å². The minimum atomic E-state index is -0.565. The Bertz CT molecular complexity index is 588. The highest BCUT2D eigenvalue weighted by molar-refractivity contribution is 7.98. The standard InChI is InChI=1S/C11H14N4O2S/c1-11(2,3)17-10(16)15-8-7(6-13-15)5-12-9(14-8)18-4/h5-6H,1-4H3. The normalized spacial score (nSPS) is 11.8. The van der Waals surface area contributed by atoms with E-state index in [1.54, 1.807) is 33.2 Å². The summed E-state index contributed by atoms with van der Waals surface area (Å²) in [6.07, 6.45) is 4.52. The van der Waals surface area contributed by atoms with Gasteiger partial charge >= 0.3 is 6.09 Å². The van der Waals surface area contributed by atoms with Gasteiger partial charge in [0.1, 0.15) is 5.60 Å². The number of aromatic nitrogens is 4. The largest absolute Gasteiger partial charge is 0.442 e. The van der Waals surface area contributed by atoms with E-state index in [1.165, 1.54) is 11.8 Å². The van der Waals surface area contributed by atoms with Gasteiger partial charge in [0, 0.05) is 6.20 Å². The summed E-state index contributed by atoms with van der Waals surface area (Å²) in [5, 5.41) is 5.28. The lowest BCUT2D eigenvalue weighted by molar-refractivity contribution is 0.0521. The number of thioether (sulfide) groups is 1. The summed E-state index contributed by atoms with van der Waals surface area (Å²) in [6.45, 7) is 5.41. The van der Waals surface area contributed by atoms with Gasteiger partial charge < -0.3 is 4.74 Å². The summed E-state index contributed by atoms with van der Waals surface area (Å²) >= 11 is 1.41. The fraction of sp³-hybridized carbons (Fsp3) is 0.455. The predicted molar refractivity (Wildman–Crippen MR) is 68.7 cm³/mol. The monoisotopic (exact) mass is 266 g/mol. The molecule has 2 heterocycles. The zero-order chi connectivity index (χ0) is 13.3. The number of rotatable bonds is 1. The molecule has 0 N–H and O–H groups in total. The number of fused-ring (bicyclic) bond motifs is 1. The topological polar surface area (TPSA) is 69.9 Å². The quantitative estimate of drug-likeness (QED) is 0.583. The maximum atomic E-state index is 11.9. The third-order valence-corrected chi connectivity index (χ3v) is 2.60. The van der Waals surface area contributed by atoms with Gasteiger partial charge in [-0.1, -0.05) is 11.8 Å². The minimum Gasteiger partial charge on any atom is -0.442 e. The van der Waals surface area contributed by atoms with Gasteiger partial charge in [-0.15, -0.1) is 4.68 Å². The molecule has 0 bridgehead atoms. The first-order chi connectivity index (χ1) is 8.40. The Morgan fingerprint density at radius 3 is 2.72 bits per heavy atom. The molecule has 0 spiro atoms. The summed E-state index contributed by atoms with van der Waals surface area (Å²) in [7, 11) is 0. The summed E-state index contributed by atoms with van der Waals surface area (Å²) in [5.74, 6) is 0. The van der Waals surface area contributed by atoms with E-state index >= 15 is 0 Å². The average Bonchev–Trinajstić information content (AvgIpc) is 2.69. The molecule has 2 aromatic rings. The van der Waals surface area contributed by atoms with Crippen molar-refractivity contribution < 1.29 is 9.53 Å². The van der Waals surface area contributed by atoms with Crippen LogP contribution in [0.15, 0.2) is 17.6 Å². The lowest BCUT2D eigenvalue weighted by Gasteiger charge is -2.18. The van der Waals surface area contributed by atoms with Crippen molar-refractivity contribution >= 4 is 28.9 Å². The molecule has 0 radical (unpaired) electrons. The zero-order valence-electron chi connectivity index (χ0n) is 10.7. The lowest BCUT2D eigenvalue weighted by atomic mass is 10.2. The molecule has 18 heavy (non-hydrogen) atoms. The van der Waals surface area contributed by atoms with Crippen LogP contribution < -0.4 is 0 Å². The molecular weight excluding hydrogens is 252 g/mol. The van der Waals surface area contributed by atoms with Crippen LogP contribution >= 0.6 is 11.8 Å². The van der Waals surface area contributed by atoms with E-state index in [-0.39, 0.29) is 0 Å². The van der Waals surface area contributed by atoms with Crippen LogP contribution in [0.2, 0.25) is 0 Å². The van der Waals surface area contributed by atoms with Gasteiger partial charge in [0.25, 0.3) is 0 Å². The van der Waals surface area contributed by atoms with Gasteiger partial charge in [-0.05, 0) is 27.0 Å². The predicted octanol–water partition coefficient (Wildman–Crippen LogP) is 2.33. The Morgan fingerprint density at radius 1 is 1.39 bits per heavy atom. The van der Waals surface area contributed by atoms with Crippen molar-refractivity contribution in [1.82, 2.24) is 19.7 Å². The second kappa shape index (κ2) is 4.56. The van der Waals surface area contributed by atoms with Crippen LogP contribution in [0.4, 0.5) is 4.79 Å². The van der Waals surface area contributed by atoms with Crippen molar-refractivity contribution in [3.63, 3.8) is 0 Å². The van der Waals surface area contributed by atoms with E-state index in [2.05, 4.69) is 15.1 Å². The van der Waals surface area contributed by atoms with Crippen molar-refractivity contribution in [3.8, 4) is 0 Å². The van der Waals surface area contributed by atoms with Crippen molar-refractivity contribution in [1.29, 1.82) is 0 Å². The molecule has 2 aromatic heterocycles. The second-order valence-electron chi connectivity index (χ2n) is 4.67. The van der Waals surface area contributed by atoms with Crippen LogP contribution in [-0.4, -0.2) is 37.7 Å². The van der Waals surface area contributed by atoms with Gasteiger partial charge in [0.05, 0.1) is 11.6 Å². The molecule has 0 aromatic carbocycles. The summed E-state index contributed by atoms with van der Waals surface area (Å²) in [4.78, 5) is 20.3. The van der Waals surface area contributed by atoms with Gasteiger partial charge in [-0.25, -0.2) is 14.8 Å². The van der Waals surface area contributed by atoms with Gasteiger partial charge in [-0.2, -0.15) is 5.10 Å². The Hall–Kier alpha value is -1.63. The summed E-state index contributed by atoms with van der Waals surface area (Å²) in [5.41, 5.74) is -0.103. The summed E-state index contributed by atoms with van der Waals surface area (Å²) in [6, 6.07) is 0. The molecule has 0 unspecified atom stereocenters. The van der Waals surface area contributed by atoms with Gasteiger partial charge in [-0.3, -0.25) is 0 Å². The first kappa shape index (κ1) is 12.8. The van der Waals surface area contributed by atoms with Crippen LogP contribution in [-0.2, 0) is 4.74 Å². The summed E-state index contributed by atoms with van der Waals surface area (Å²) < 4.78 is 6.41. The maximum Gasteiger partial charge on any atom is 0.437 e. The van der Waals surface area contributed by atoms with Crippen LogP contribution in [0, 0.1) is 0 Å². The molecule has 0 amide bonds. The fourth-order valence-electron chi connectivity index (χ4n) is 1.34. The lowest BCUT2D eigenvalue weighted by Crippen LogP contribution is -2.27. The number of hydrogen-bond acceptors (Lipinski definition) is 6. The molecule has 0 aliphatic rings. The van der Waals surface area contributed by atoms with Crippen LogP contribution in [0.5, 0.6) is 0 Å². The van der Waals surface area contributed by atoms with Crippen molar-refractivity contribution in [2.24, 2.45) is 0 Å². The molecule has 0 aliphatic carbocycles. The zero-order valence-corrected chi connectivity index (χ0v) is 11.5. The number of hydrogen-bond donors (Lipinski definition) is 0. The molecule has 7 heteroatoms. The van der Waals surface area contributed by atoms with E-state index in [0.29, 0.717) is 16.2 Å². The Labute approximate surface area is 109 Å². The molecule has 6 nitrogen and oxygen atoms in total. The highest BCUT2D eigenvalue weighted by Crippen LogP contribution is 2.16. The number of carbonyl (C=O) groups is 1. The molecule has 0 saturated carbocycles. The highest BCUT2D eigenvalue weighted by atomic mass is 32.2. The van der Waals surface area contributed by atoms with E-state index in [1.807, 2.05) is 6.26 Å². The second-order valence-corrected chi connectivity index (χ2v) is 5.45. The Balaban J connectivity index is 2.42. The van der Waals surface area contributed by atoms with Crippen molar-refractivity contribution in [2.75, 3.05) is 6.26 Å². The van der Waals surface area contributed by atoms with E-state index in [9.17, 15) is 4.79 Å². The van der Waals surface area contributed by atoms with Gasteiger partial charge in [0.2, 0.25) is 0 Å². The smallest absolute Gasteiger partial charge is 0.437 e. The number of ether oxygens (including phenoxy) is 1. The SMILES string of the molecule is CSc1ncc2cnn(C(=O)OC(C)(C)C)c2n1. The maximum absolute atomic E-state index is 11.9. The Kier molecular flexibility index (Phi) is 3.25. The first-order valence-electron chi connectivity index (χ1n) is 5.39. The molecule has 0 aliphatic heterocycles. The van der Waals surface area contributed by atoms with Crippen LogP contribution in [0.25, 0.3) is 11.0 Å². The third kappa shape index (κ3) is 2.61. The number of nitrogens with zero attached hydrogens (tertiary/aromatic N) is 4. The molecule has 0 fully saturated rings. The highest BCUT2D eigenvalue weighted by Gasteiger charge is 2.20. The van der Waals surface area contributed by atoms with Crippen LogP contribution in [0.1, 0.15) is 20.8 Å². The molecule has 0 atom stereocenters. The average molecular weight is 266 g/mol. The minimum absolute atomic E-state index is 0.462. The molecular formula is C11H14N4O2S. The van der Waals surface area contributed by atoms with E-state index < -0.39 is 11.7 Å². The number of carbonyl (C=O) groups excluding carboxylic acids is 1. The van der Waals surface area contributed by atoms with Gasteiger partial charge in [0.15, 0.2) is 10.8 Å². The Morgan fingerprint density at radius 2 is 2.11 bits per heavy atom. The van der Waals surface area contributed by atoms with E-state index in [0.717, 1.165) is 4.68 Å². The molecule has 0 saturated heterocycles. The first-order valence-corrected chi connectivity index (χ1v) is 6.61. The fourth-order valence-corrected chi connectivity index (χ4v) is 1.67. The van der Waals surface area contributed by atoms with E-state index in [4.69, 9.17) is 4.74 Å². The third-order valence-electron chi connectivity index (χ3n) is 2.04. The molecule has 96 valence electrons. The molecule has 2 rings (SSSR count). The van der Waals surface area contributed by atoms with Crippen LogP contribution in [0.3, 0.4) is 0 Å². The van der Waals surface area contributed by atoms with Crippen molar-refractivity contribution in [3.05, 3.63) is 12.4 Å².